The lowest BCUT2D eigenvalue weighted by molar-refractivity contribution is 0.629. The van der Waals surface area contributed by atoms with E-state index >= 15 is 0 Å². The molecule has 7 heteroatoms. The smallest absolute Gasteiger partial charge is 0.250 e. The molecule has 0 aliphatic carbocycles. The molecule has 0 aliphatic heterocycles. The Balaban J connectivity index is 2.06. The molecular formula is C12H10ClN5O. The molecule has 0 bridgehead atoms. The molecule has 0 atom stereocenters. The molecule has 0 saturated carbocycles. The Hall–Kier alpha value is -2.21. The number of fused-ring (bicyclic) bond motifs is 1. The first kappa shape index (κ1) is 11.9. The molecule has 3 aromatic rings. The summed E-state index contributed by atoms with van der Waals surface area (Å²) in [5.74, 6) is 0.468. The first-order chi connectivity index (χ1) is 9.13. The lowest BCUT2D eigenvalue weighted by Crippen LogP contribution is -2.22. The standard InChI is InChI=1S/C12H10ClN5O/c1-8-6-9(13)15-10(14-8)7-18-12(19)17-5-3-2-4-11(17)16-18/h2-6H,7H2,1H3. The molecule has 0 aliphatic rings. The Morgan fingerprint density at radius 2 is 2.16 bits per heavy atom. The summed E-state index contributed by atoms with van der Waals surface area (Å²) in [5.41, 5.74) is 1.12. The van der Waals surface area contributed by atoms with E-state index in [1.54, 1.807) is 24.4 Å². The first-order valence-electron chi connectivity index (χ1n) is 5.68. The van der Waals surface area contributed by atoms with E-state index in [4.69, 9.17) is 11.6 Å². The van der Waals surface area contributed by atoms with E-state index in [9.17, 15) is 4.79 Å². The number of aromatic nitrogens is 5. The first-order valence-corrected chi connectivity index (χ1v) is 6.05. The van der Waals surface area contributed by atoms with Crippen LogP contribution in [-0.4, -0.2) is 24.1 Å². The predicted octanol–water partition coefficient (Wildman–Crippen LogP) is 1.30. The molecule has 0 fully saturated rings. The molecule has 0 spiro atoms. The van der Waals surface area contributed by atoms with Crippen LogP contribution in [0.15, 0.2) is 35.3 Å². The van der Waals surface area contributed by atoms with Crippen molar-refractivity contribution in [2.24, 2.45) is 0 Å². The van der Waals surface area contributed by atoms with Gasteiger partial charge in [0.2, 0.25) is 0 Å². The normalized spacial score (nSPS) is 11.1. The van der Waals surface area contributed by atoms with Crippen LogP contribution in [-0.2, 0) is 6.54 Å². The SMILES string of the molecule is Cc1cc(Cl)nc(Cn2nc3ccccn3c2=O)n1. The molecule has 19 heavy (non-hydrogen) atoms. The van der Waals surface area contributed by atoms with Gasteiger partial charge in [-0.25, -0.2) is 19.4 Å². The van der Waals surface area contributed by atoms with E-state index in [1.807, 2.05) is 13.0 Å². The number of hydrogen-bond donors (Lipinski definition) is 0. The summed E-state index contributed by atoms with van der Waals surface area (Å²) in [4.78, 5) is 20.4. The molecule has 6 nitrogen and oxygen atoms in total. The number of rotatable bonds is 2. The van der Waals surface area contributed by atoms with Gasteiger partial charge in [-0.05, 0) is 25.1 Å². The number of aryl methyl sites for hydroxylation is 1. The van der Waals surface area contributed by atoms with E-state index in [0.29, 0.717) is 16.6 Å². The molecule has 0 radical (unpaired) electrons. The summed E-state index contributed by atoms with van der Waals surface area (Å²) in [7, 11) is 0. The lowest BCUT2D eigenvalue weighted by Gasteiger charge is -2.01. The summed E-state index contributed by atoms with van der Waals surface area (Å²) >= 11 is 5.87. The lowest BCUT2D eigenvalue weighted by atomic mass is 10.4. The van der Waals surface area contributed by atoms with Gasteiger partial charge in [-0.3, -0.25) is 4.40 Å². The topological polar surface area (TPSA) is 65.1 Å². The highest BCUT2D eigenvalue weighted by molar-refractivity contribution is 6.29. The molecule has 3 heterocycles. The number of pyridine rings is 1. The molecular weight excluding hydrogens is 266 g/mol. The maximum absolute atomic E-state index is 12.1. The van der Waals surface area contributed by atoms with Crippen molar-refractivity contribution in [2.75, 3.05) is 0 Å². The van der Waals surface area contributed by atoms with E-state index in [0.717, 1.165) is 5.69 Å². The highest BCUT2D eigenvalue weighted by atomic mass is 35.5. The second-order valence-electron chi connectivity index (χ2n) is 4.12. The minimum atomic E-state index is -0.225. The molecule has 3 aromatic heterocycles. The molecule has 96 valence electrons. The van der Waals surface area contributed by atoms with E-state index < -0.39 is 0 Å². The van der Waals surface area contributed by atoms with Gasteiger partial charge in [0.15, 0.2) is 11.5 Å². The summed E-state index contributed by atoms with van der Waals surface area (Å²) in [6.07, 6.45) is 1.67. The zero-order valence-electron chi connectivity index (χ0n) is 10.1. The molecule has 0 saturated heterocycles. The number of nitrogens with zero attached hydrogens (tertiary/aromatic N) is 5. The Kier molecular flexibility index (Phi) is 2.79. The monoisotopic (exact) mass is 275 g/mol. The van der Waals surface area contributed by atoms with Crippen LogP contribution in [0.25, 0.3) is 5.65 Å². The minimum Gasteiger partial charge on any atom is -0.250 e. The quantitative estimate of drug-likeness (QED) is 0.661. The molecule has 0 N–H and O–H groups in total. The number of halogens is 1. The van der Waals surface area contributed by atoms with Crippen molar-refractivity contribution >= 4 is 17.2 Å². The van der Waals surface area contributed by atoms with Crippen LogP contribution in [0.4, 0.5) is 0 Å². The maximum atomic E-state index is 12.1. The van der Waals surface area contributed by atoms with Crippen molar-refractivity contribution in [3.05, 3.63) is 57.6 Å². The molecule has 0 amide bonds. The molecule has 3 rings (SSSR count). The Morgan fingerprint density at radius 3 is 2.89 bits per heavy atom. The van der Waals surface area contributed by atoms with Gasteiger partial charge in [0.05, 0.1) is 0 Å². The summed E-state index contributed by atoms with van der Waals surface area (Å²) < 4.78 is 2.79. The van der Waals surface area contributed by atoms with Crippen LogP contribution in [0.2, 0.25) is 5.15 Å². The van der Waals surface area contributed by atoms with Crippen LogP contribution in [0.3, 0.4) is 0 Å². The Morgan fingerprint density at radius 1 is 1.32 bits per heavy atom. The summed E-state index contributed by atoms with van der Waals surface area (Å²) in [6.45, 7) is 2.02. The zero-order valence-corrected chi connectivity index (χ0v) is 10.9. The van der Waals surface area contributed by atoms with E-state index in [-0.39, 0.29) is 12.2 Å². The zero-order chi connectivity index (χ0) is 13.4. The summed E-state index contributed by atoms with van der Waals surface area (Å²) in [5, 5.41) is 4.57. The van der Waals surface area contributed by atoms with Crippen molar-refractivity contribution < 1.29 is 0 Å². The van der Waals surface area contributed by atoms with Gasteiger partial charge >= 0.3 is 5.69 Å². The van der Waals surface area contributed by atoms with Crippen LogP contribution in [0.5, 0.6) is 0 Å². The van der Waals surface area contributed by atoms with E-state index in [1.165, 1.54) is 9.08 Å². The Labute approximate surface area is 113 Å². The Bertz CT molecular complexity index is 787. The third-order valence-electron chi connectivity index (χ3n) is 2.65. The third kappa shape index (κ3) is 2.22. The maximum Gasteiger partial charge on any atom is 0.350 e. The fourth-order valence-electron chi connectivity index (χ4n) is 1.86. The second-order valence-corrected chi connectivity index (χ2v) is 4.50. The highest BCUT2D eigenvalue weighted by Gasteiger charge is 2.08. The predicted molar refractivity (Wildman–Crippen MR) is 70.3 cm³/mol. The van der Waals surface area contributed by atoms with Crippen molar-refractivity contribution in [1.82, 2.24) is 24.1 Å². The van der Waals surface area contributed by atoms with Gasteiger partial charge in [-0.15, -0.1) is 5.10 Å². The number of hydrogen-bond acceptors (Lipinski definition) is 4. The minimum absolute atomic E-state index is 0.196. The van der Waals surface area contributed by atoms with Gasteiger partial charge in [-0.1, -0.05) is 17.7 Å². The van der Waals surface area contributed by atoms with Crippen LogP contribution in [0.1, 0.15) is 11.5 Å². The average Bonchev–Trinajstić information content (AvgIpc) is 2.66. The van der Waals surface area contributed by atoms with Crippen LogP contribution < -0.4 is 5.69 Å². The van der Waals surface area contributed by atoms with Crippen LogP contribution >= 0.6 is 11.6 Å². The van der Waals surface area contributed by atoms with Crippen molar-refractivity contribution in [3.8, 4) is 0 Å². The fourth-order valence-corrected chi connectivity index (χ4v) is 2.12. The fraction of sp³-hybridized carbons (Fsp3) is 0.167. The van der Waals surface area contributed by atoms with Crippen molar-refractivity contribution in [2.45, 2.75) is 13.5 Å². The van der Waals surface area contributed by atoms with Gasteiger partial charge in [0, 0.05) is 11.9 Å². The highest BCUT2D eigenvalue weighted by Crippen LogP contribution is 2.07. The van der Waals surface area contributed by atoms with Gasteiger partial charge in [0.25, 0.3) is 0 Å². The third-order valence-corrected chi connectivity index (χ3v) is 2.84. The van der Waals surface area contributed by atoms with Gasteiger partial charge in [-0.2, -0.15) is 0 Å². The molecule has 0 aromatic carbocycles. The van der Waals surface area contributed by atoms with Gasteiger partial charge in [0.1, 0.15) is 11.7 Å². The molecule has 0 unspecified atom stereocenters. The average molecular weight is 276 g/mol. The largest absolute Gasteiger partial charge is 0.350 e. The van der Waals surface area contributed by atoms with E-state index in [2.05, 4.69) is 15.1 Å². The second kappa shape index (κ2) is 4.47. The van der Waals surface area contributed by atoms with Gasteiger partial charge < -0.3 is 0 Å². The summed E-state index contributed by atoms with van der Waals surface area (Å²) in [6, 6.07) is 7.03. The van der Waals surface area contributed by atoms with Crippen molar-refractivity contribution in [3.63, 3.8) is 0 Å². The van der Waals surface area contributed by atoms with Crippen molar-refractivity contribution in [1.29, 1.82) is 0 Å². The van der Waals surface area contributed by atoms with Crippen LogP contribution in [0, 0.1) is 6.92 Å².